The molecule has 0 saturated carbocycles. The summed E-state index contributed by atoms with van der Waals surface area (Å²) in [5.74, 6) is -3.04. The summed E-state index contributed by atoms with van der Waals surface area (Å²) in [5.41, 5.74) is -4.21. The van der Waals surface area contributed by atoms with Crippen LogP contribution in [-0.2, 0) is 0 Å². The van der Waals surface area contributed by atoms with Crippen molar-refractivity contribution in [2.75, 3.05) is 0 Å². The molecule has 0 aromatic heterocycles. The SMILES string of the molecule is CC(F)(CC(CC(I)C(F)(F)F)C(F)(F)F)C(F)(F)F. The lowest BCUT2D eigenvalue weighted by Gasteiger charge is -2.30. The van der Waals surface area contributed by atoms with Gasteiger partial charge >= 0.3 is 18.5 Å². The van der Waals surface area contributed by atoms with Crippen LogP contribution in [0, 0.1) is 5.92 Å². The zero-order chi connectivity index (χ0) is 16.6. The summed E-state index contributed by atoms with van der Waals surface area (Å²) in [6.45, 7) is -0.123. The molecular formula is C9H9F10I. The summed E-state index contributed by atoms with van der Waals surface area (Å²) in [4.78, 5) is 0. The minimum Gasteiger partial charge on any atom is -0.234 e. The van der Waals surface area contributed by atoms with Gasteiger partial charge in [0.05, 0.1) is 5.92 Å². The zero-order valence-corrected chi connectivity index (χ0v) is 11.9. The molecule has 20 heavy (non-hydrogen) atoms. The highest BCUT2D eigenvalue weighted by Crippen LogP contribution is 2.46. The van der Waals surface area contributed by atoms with Crippen LogP contribution in [0.4, 0.5) is 43.9 Å². The van der Waals surface area contributed by atoms with Crippen molar-refractivity contribution in [3.8, 4) is 0 Å². The molecule has 3 unspecified atom stereocenters. The fourth-order valence-electron chi connectivity index (χ4n) is 1.29. The zero-order valence-electron chi connectivity index (χ0n) is 9.73. The standard InChI is InChI=1S/C9H9F10I/c1-6(10,9(17,18)19)3-4(7(11,12)13)2-5(20)8(14,15)16/h4-5H,2-3H2,1H3. The summed E-state index contributed by atoms with van der Waals surface area (Å²) >= 11 is 0.647. The lowest BCUT2D eigenvalue weighted by Crippen LogP contribution is -2.43. The monoisotopic (exact) mass is 434 g/mol. The molecule has 0 aliphatic heterocycles. The molecule has 0 spiro atoms. The number of alkyl halides is 11. The van der Waals surface area contributed by atoms with Crippen LogP contribution in [0.1, 0.15) is 19.8 Å². The van der Waals surface area contributed by atoms with Crippen molar-refractivity contribution < 1.29 is 43.9 Å². The second-order valence-electron chi connectivity index (χ2n) is 4.38. The lowest BCUT2D eigenvalue weighted by atomic mass is 9.89. The Morgan fingerprint density at radius 2 is 1.20 bits per heavy atom. The molecule has 3 atom stereocenters. The van der Waals surface area contributed by atoms with E-state index in [0.717, 1.165) is 0 Å². The molecule has 0 bridgehead atoms. The van der Waals surface area contributed by atoms with Gasteiger partial charge < -0.3 is 0 Å². The van der Waals surface area contributed by atoms with E-state index < -0.39 is 46.9 Å². The second-order valence-corrected chi connectivity index (χ2v) is 5.89. The minimum absolute atomic E-state index is 0.123. The van der Waals surface area contributed by atoms with E-state index in [9.17, 15) is 43.9 Å². The maximum Gasteiger partial charge on any atom is 0.422 e. The first-order valence-electron chi connectivity index (χ1n) is 5.01. The summed E-state index contributed by atoms with van der Waals surface area (Å²) in [6.07, 6.45) is -19.7. The molecule has 0 aromatic carbocycles. The van der Waals surface area contributed by atoms with Crippen LogP contribution in [0.25, 0.3) is 0 Å². The Labute approximate surface area is 121 Å². The molecular weight excluding hydrogens is 425 g/mol. The van der Waals surface area contributed by atoms with E-state index in [4.69, 9.17) is 0 Å². The number of halogens is 11. The van der Waals surface area contributed by atoms with Crippen LogP contribution < -0.4 is 0 Å². The summed E-state index contributed by atoms with van der Waals surface area (Å²) in [5, 5.41) is 0. The lowest BCUT2D eigenvalue weighted by molar-refractivity contribution is -0.250. The predicted molar refractivity (Wildman–Crippen MR) is 58.2 cm³/mol. The van der Waals surface area contributed by atoms with E-state index in [1.54, 1.807) is 0 Å². The van der Waals surface area contributed by atoms with Crippen molar-refractivity contribution in [2.45, 2.75) is 47.9 Å². The molecule has 0 aliphatic carbocycles. The largest absolute Gasteiger partial charge is 0.422 e. The van der Waals surface area contributed by atoms with Crippen LogP contribution in [0.3, 0.4) is 0 Å². The van der Waals surface area contributed by atoms with Crippen molar-refractivity contribution >= 4 is 22.6 Å². The van der Waals surface area contributed by atoms with Crippen molar-refractivity contribution in [3.63, 3.8) is 0 Å². The van der Waals surface area contributed by atoms with Crippen molar-refractivity contribution in [2.24, 2.45) is 5.92 Å². The van der Waals surface area contributed by atoms with E-state index in [0.29, 0.717) is 22.6 Å². The Morgan fingerprint density at radius 1 is 0.800 bits per heavy atom. The molecule has 0 nitrogen and oxygen atoms in total. The van der Waals surface area contributed by atoms with Gasteiger partial charge in [0.25, 0.3) is 0 Å². The highest BCUT2D eigenvalue weighted by molar-refractivity contribution is 14.1. The normalized spacial score (nSPS) is 20.4. The average molecular weight is 434 g/mol. The molecule has 0 saturated heterocycles. The Hall–Kier alpha value is 0.0300. The average Bonchev–Trinajstić information content (AvgIpc) is 2.11. The van der Waals surface area contributed by atoms with Gasteiger partial charge in [-0.2, -0.15) is 39.5 Å². The van der Waals surface area contributed by atoms with Crippen LogP contribution in [0.5, 0.6) is 0 Å². The van der Waals surface area contributed by atoms with Gasteiger partial charge in [-0.15, -0.1) is 0 Å². The van der Waals surface area contributed by atoms with Gasteiger partial charge in [-0.3, -0.25) is 0 Å². The predicted octanol–water partition coefficient (Wildman–Crippen LogP) is 5.60. The highest BCUT2D eigenvalue weighted by Gasteiger charge is 2.57. The van der Waals surface area contributed by atoms with Crippen molar-refractivity contribution in [3.05, 3.63) is 0 Å². The molecule has 0 N–H and O–H groups in total. The van der Waals surface area contributed by atoms with Crippen LogP contribution in [-0.4, -0.2) is 28.1 Å². The maximum absolute atomic E-state index is 13.2. The summed E-state index contributed by atoms with van der Waals surface area (Å²) in [7, 11) is 0. The third-order valence-corrected chi connectivity index (χ3v) is 3.75. The molecule has 0 fully saturated rings. The Morgan fingerprint density at radius 3 is 1.45 bits per heavy atom. The van der Waals surface area contributed by atoms with E-state index in [-0.39, 0.29) is 6.92 Å². The second kappa shape index (κ2) is 6.03. The third kappa shape index (κ3) is 5.80. The summed E-state index contributed by atoms with van der Waals surface area (Å²) < 4.78 is 121. The van der Waals surface area contributed by atoms with E-state index >= 15 is 0 Å². The van der Waals surface area contributed by atoms with Gasteiger partial charge in [-0.05, 0) is 13.3 Å². The molecule has 0 heterocycles. The van der Waals surface area contributed by atoms with E-state index in [1.807, 2.05) is 0 Å². The maximum atomic E-state index is 13.2. The fraction of sp³-hybridized carbons (Fsp3) is 1.00. The number of hydrogen-bond acceptors (Lipinski definition) is 0. The molecule has 0 aromatic rings. The molecule has 0 rings (SSSR count). The molecule has 11 heteroatoms. The number of hydrogen-bond donors (Lipinski definition) is 0. The van der Waals surface area contributed by atoms with Crippen molar-refractivity contribution in [1.29, 1.82) is 0 Å². The fourth-order valence-corrected chi connectivity index (χ4v) is 1.91. The minimum atomic E-state index is -5.59. The van der Waals surface area contributed by atoms with E-state index in [1.165, 1.54) is 0 Å². The number of rotatable bonds is 4. The smallest absolute Gasteiger partial charge is 0.234 e. The topological polar surface area (TPSA) is 0 Å². The van der Waals surface area contributed by atoms with E-state index in [2.05, 4.69) is 0 Å². The van der Waals surface area contributed by atoms with Gasteiger partial charge in [-0.1, -0.05) is 22.6 Å². The van der Waals surface area contributed by atoms with Crippen LogP contribution >= 0.6 is 22.6 Å². The van der Waals surface area contributed by atoms with Gasteiger partial charge in [-0.25, -0.2) is 4.39 Å². The molecule has 0 radical (unpaired) electrons. The molecule has 122 valence electrons. The summed E-state index contributed by atoms with van der Waals surface area (Å²) in [6, 6.07) is 0. The molecule has 0 amide bonds. The van der Waals surface area contributed by atoms with Gasteiger partial charge in [0.1, 0.15) is 3.92 Å². The highest BCUT2D eigenvalue weighted by atomic mass is 127. The first-order valence-corrected chi connectivity index (χ1v) is 6.26. The Bertz CT molecular complexity index is 312. The van der Waals surface area contributed by atoms with Gasteiger partial charge in [0, 0.05) is 6.42 Å². The van der Waals surface area contributed by atoms with Gasteiger partial charge in [0.15, 0.2) is 0 Å². The Balaban J connectivity index is 5.13. The first-order chi connectivity index (χ1) is 8.48. The first kappa shape index (κ1) is 20.0. The Kier molecular flexibility index (Phi) is 6.04. The quantitative estimate of drug-likeness (QED) is 0.307. The van der Waals surface area contributed by atoms with Crippen molar-refractivity contribution in [1.82, 2.24) is 0 Å². The van der Waals surface area contributed by atoms with Crippen LogP contribution in [0.2, 0.25) is 0 Å². The molecule has 0 aliphatic rings. The third-order valence-electron chi connectivity index (χ3n) is 2.53. The van der Waals surface area contributed by atoms with Gasteiger partial charge in [0.2, 0.25) is 5.67 Å². The van der Waals surface area contributed by atoms with Crippen LogP contribution in [0.15, 0.2) is 0 Å².